The van der Waals surface area contributed by atoms with E-state index in [1.165, 1.54) is 6.07 Å². The van der Waals surface area contributed by atoms with Gasteiger partial charge in [0.05, 0.1) is 17.3 Å². The van der Waals surface area contributed by atoms with Crippen LogP contribution in [-0.2, 0) is 33.3 Å². The first kappa shape index (κ1) is 17.0. The number of hydrogen-bond donors (Lipinski definition) is 3. The second kappa shape index (κ2) is 6.56. The molecule has 2 aromatic carbocycles. The molecule has 0 unspecified atom stereocenters. The maximum absolute atomic E-state index is 12.8. The highest BCUT2D eigenvalue weighted by atomic mass is 32.2. The van der Waals surface area contributed by atoms with Crippen molar-refractivity contribution in [2.75, 3.05) is 12.3 Å². The van der Waals surface area contributed by atoms with Gasteiger partial charge in [0.1, 0.15) is 0 Å². The zero-order valence-corrected chi connectivity index (χ0v) is 13.9. The van der Waals surface area contributed by atoms with E-state index in [1.807, 2.05) is 0 Å². The Hall–Kier alpha value is -1.87. The highest BCUT2D eigenvalue weighted by Crippen LogP contribution is 2.24. The minimum Gasteiger partial charge on any atom is -0.423 e. The zero-order valence-electron chi connectivity index (χ0n) is 13.1. The smallest absolute Gasteiger partial charge is 0.423 e. The van der Waals surface area contributed by atoms with Crippen molar-refractivity contribution in [1.29, 1.82) is 0 Å². The van der Waals surface area contributed by atoms with Gasteiger partial charge in [-0.05, 0) is 53.3 Å². The van der Waals surface area contributed by atoms with Gasteiger partial charge in [-0.15, -0.1) is 0 Å². The summed E-state index contributed by atoms with van der Waals surface area (Å²) in [7, 11) is -4.54. The fourth-order valence-electron chi connectivity index (χ4n) is 2.90. The molecule has 0 aliphatic carbocycles. The van der Waals surface area contributed by atoms with Crippen LogP contribution in [0, 0.1) is 0 Å². The van der Waals surface area contributed by atoms with Crippen molar-refractivity contribution >= 4 is 28.1 Å². The van der Waals surface area contributed by atoms with Crippen LogP contribution in [0.1, 0.15) is 16.7 Å². The summed E-state index contributed by atoms with van der Waals surface area (Å²) in [6.07, 6.45) is 0.441. The monoisotopic (exact) mass is 346 g/mol. The first-order chi connectivity index (χ1) is 11.4. The summed E-state index contributed by atoms with van der Waals surface area (Å²) in [5.74, 6) is -0.158. The van der Waals surface area contributed by atoms with Crippen LogP contribution in [0.3, 0.4) is 0 Å². The van der Waals surface area contributed by atoms with Gasteiger partial charge in [0.15, 0.2) is 9.84 Å². The minimum atomic E-state index is -3.55. The molecule has 1 aliphatic rings. The lowest BCUT2D eigenvalue weighted by Gasteiger charge is -2.12. The molecule has 0 fully saturated rings. The molecule has 6 nitrogen and oxygen atoms in total. The Labute approximate surface area is 141 Å². The molecule has 0 amide bonds. The van der Waals surface area contributed by atoms with E-state index < -0.39 is 17.0 Å². The molecule has 3 rings (SSSR count). The number of rotatable bonds is 5. The summed E-state index contributed by atoms with van der Waals surface area (Å²) in [5, 5.41) is 9.77. The van der Waals surface area contributed by atoms with Crippen LogP contribution in [-0.4, -0.2) is 27.1 Å². The fraction of sp³-hybridized carbons (Fsp3) is 0.250. The van der Waals surface area contributed by atoms with Crippen LogP contribution in [0.15, 0.2) is 41.3 Å². The van der Waals surface area contributed by atoms with Crippen molar-refractivity contribution in [3.63, 3.8) is 0 Å². The van der Waals surface area contributed by atoms with Crippen molar-refractivity contribution in [2.24, 2.45) is 5.73 Å². The molecule has 1 aliphatic heterocycles. The predicted octanol–water partition coefficient (Wildman–Crippen LogP) is -0.0384. The predicted molar refractivity (Wildman–Crippen MR) is 93.3 cm³/mol. The molecule has 8 heteroatoms. The Morgan fingerprint density at radius 2 is 2.00 bits per heavy atom. The van der Waals surface area contributed by atoms with Crippen molar-refractivity contribution in [2.45, 2.75) is 23.7 Å². The lowest BCUT2D eigenvalue weighted by molar-refractivity contribution is 0.275. The van der Waals surface area contributed by atoms with Gasteiger partial charge in [0, 0.05) is 5.69 Å². The first-order valence-electron chi connectivity index (χ1n) is 7.63. The Morgan fingerprint density at radius 3 is 2.75 bits per heavy atom. The molecule has 0 saturated carbocycles. The van der Waals surface area contributed by atoms with E-state index in [-0.39, 0.29) is 10.6 Å². The second-order valence-electron chi connectivity index (χ2n) is 5.86. The Bertz CT molecular complexity index is 870. The second-order valence-corrected chi connectivity index (χ2v) is 7.82. The van der Waals surface area contributed by atoms with Crippen LogP contribution < -0.4 is 16.9 Å². The SMILES string of the molecule is NCCc1cc(N)ccc1S(=O)(=O)Cc1ccc2c(c1)B(O)OC2. The van der Waals surface area contributed by atoms with Gasteiger partial charge >= 0.3 is 7.12 Å². The number of sulfone groups is 1. The Balaban J connectivity index is 1.94. The molecule has 5 N–H and O–H groups in total. The third kappa shape index (κ3) is 3.32. The fourth-order valence-corrected chi connectivity index (χ4v) is 4.51. The van der Waals surface area contributed by atoms with Crippen molar-refractivity contribution < 1.29 is 18.1 Å². The molecule has 126 valence electrons. The lowest BCUT2D eigenvalue weighted by Crippen LogP contribution is -2.28. The van der Waals surface area contributed by atoms with Gasteiger partial charge in [0.2, 0.25) is 0 Å². The van der Waals surface area contributed by atoms with E-state index in [9.17, 15) is 13.4 Å². The van der Waals surface area contributed by atoms with E-state index in [2.05, 4.69) is 0 Å². The van der Waals surface area contributed by atoms with Crippen molar-refractivity contribution in [3.05, 3.63) is 53.1 Å². The van der Waals surface area contributed by atoms with Gasteiger partial charge in [-0.1, -0.05) is 18.2 Å². The minimum absolute atomic E-state index is 0.158. The van der Waals surface area contributed by atoms with E-state index >= 15 is 0 Å². The molecule has 0 radical (unpaired) electrons. The number of hydrogen-bond acceptors (Lipinski definition) is 6. The number of anilines is 1. The van der Waals surface area contributed by atoms with Crippen molar-refractivity contribution in [3.8, 4) is 0 Å². The molecule has 0 saturated heterocycles. The van der Waals surface area contributed by atoms with E-state index in [0.717, 1.165) is 5.56 Å². The van der Waals surface area contributed by atoms with Crippen LogP contribution in [0.25, 0.3) is 0 Å². The molecule has 1 heterocycles. The highest BCUT2D eigenvalue weighted by molar-refractivity contribution is 7.90. The van der Waals surface area contributed by atoms with Gasteiger partial charge in [-0.2, -0.15) is 0 Å². The lowest BCUT2D eigenvalue weighted by atomic mass is 9.79. The Morgan fingerprint density at radius 1 is 1.21 bits per heavy atom. The number of nitrogen functional groups attached to an aromatic ring is 1. The maximum atomic E-state index is 12.8. The molecule has 0 spiro atoms. The molecular weight excluding hydrogens is 327 g/mol. The summed E-state index contributed by atoms with van der Waals surface area (Å²) in [6.45, 7) is 0.677. The van der Waals surface area contributed by atoms with E-state index in [4.69, 9.17) is 16.1 Å². The average Bonchev–Trinajstić information content (AvgIpc) is 2.88. The molecule has 24 heavy (non-hydrogen) atoms. The zero-order chi connectivity index (χ0) is 17.3. The summed E-state index contributed by atoms with van der Waals surface area (Å²) < 4.78 is 30.8. The van der Waals surface area contributed by atoms with Gasteiger partial charge in [-0.25, -0.2) is 8.42 Å². The third-order valence-corrected chi connectivity index (χ3v) is 5.84. The van der Waals surface area contributed by atoms with Crippen LogP contribution in [0.4, 0.5) is 5.69 Å². The van der Waals surface area contributed by atoms with Crippen LogP contribution in [0.2, 0.25) is 0 Å². The molecular formula is C16H19BN2O4S. The topological polar surface area (TPSA) is 116 Å². The average molecular weight is 346 g/mol. The summed E-state index contributed by atoms with van der Waals surface area (Å²) >= 11 is 0. The van der Waals surface area contributed by atoms with Crippen LogP contribution in [0.5, 0.6) is 0 Å². The first-order valence-corrected chi connectivity index (χ1v) is 9.28. The van der Waals surface area contributed by atoms with E-state index in [0.29, 0.717) is 41.8 Å². The number of nitrogens with two attached hydrogens (primary N) is 2. The van der Waals surface area contributed by atoms with Gasteiger partial charge in [-0.3, -0.25) is 0 Å². The molecule has 2 aromatic rings. The molecule has 0 bridgehead atoms. The summed E-state index contributed by atoms with van der Waals surface area (Å²) in [4.78, 5) is 0.249. The highest BCUT2D eigenvalue weighted by Gasteiger charge is 2.28. The third-order valence-electron chi connectivity index (χ3n) is 4.06. The maximum Gasteiger partial charge on any atom is 0.491 e. The number of fused-ring (bicyclic) bond motifs is 1. The number of benzene rings is 2. The van der Waals surface area contributed by atoms with Gasteiger partial charge in [0.25, 0.3) is 0 Å². The largest absolute Gasteiger partial charge is 0.491 e. The quantitative estimate of drug-likeness (QED) is 0.517. The molecule has 0 aromatic heterocycles. The summed E-state index contributed by atoms with van der Waals surface area (Å²) in [5.41, 5.74) is 14.6. The van der Waals surface area contributed by atoms with Crippen LogP contribution >= 0.6 is 0 Å². The van der Waals surface area contributed by atoms with Gasteiger partial charge < -0.3 is 21.1 Å². The summed E-state index contributed by atoms with van der Waals surface area (Å²) in [6, 6.07) is 9.98. The van der Waals surface area contributed by atoms with E-state index in [1.54, 1.807) is 30.3 Å². The standard InChI is InChI=1S/C16H19BN2O4S/c18-6-5-12-8-14(19)3-4-16(12)24(21,22)10-11-1-2-13-9-23-17(20)15(13)7-11/h1-4,7-8,20H,5-6,9-10,18-19H2. The Kier molecular flexibility index (Phi) is 4.64. The molecule has 0 atom stereocenters. The normalized spacial score (nSPS) is 14.0. The van der Waals surface area contributed by atoms with Crippen molar-refractivity contribution in [1.82, 2.24) is 0 Å².